The molecular weight excluding hydrogens is 361 g/mol. The van der Waals surface area contributed by atoms with E-state index in [9.17, 15) is 9.18 Å². The van der Waals surface area contributed by atoms with Gasteiger partial charge in [-0.3, -0.25) is 9.69 Å². The first kappa shape index (κ1) is 18.6. The largest absolute Gasteiger partial charge is 0.436 e. The number of morpholine rings is 1. The minimum atomic E-state index is -0.545. The zero-order chi connectivity index (χ0) is 18.5. The molecule has 1 N–H and O–H groups in total. The van der Waals surface area contributed by atoms with Gasteiger partial charge in [0, 0.05) is 44.0 Å². The van der Waals surface area contributed by atoms with Gasteiger partial charge in [0.15, 0.2) is 11.6 Å². The van der Waals surface area contributed by atoms with Crippen LogP contribution in [0.3, 0.4) is 0 Å². The highest BCUT2D eigenvalue weighted by Gasteiger charge is 2.25. The Bertz CT molecular complexity index is 773. The molecule has 0 saturated carbocycles. The Labute approximate surface area is 155 Å². The first-order valence-corrected chi connectivity index (χ1v) is 8.56. The van der Waals surface area contributed by atoms with Crippen LogP contribution in [-0.2, 0) is 16.1 Å². The van der Waals surface area contributed by atoms with Crippen molar-refractivity contribution >= 4 is 17.5 Å². The number of carbonyl (C=O) groups excluding carboxylic acids is 1. The first-order valence-electron chi connectivity index (χ1n) is 8.18. The third-order valence-electron chi connectivity index (χ3n) is 4.00. The van der Waals surface area contributed by atoms with E-state index in [2.05, 4.69) is 15.2 Å². The van der Waals surface area contributed by atoms with Gasteiger partial charge in [-0.1, -0.05) is 17.7 Å². The molecule has 1 amide bonds. The summed E-state index contributed by atoms with van der Waals surface area (Å²) in [5.74, 6) is -0.310. The maximum Gasteiger partial charge on any atom is 0.250 e. The number of nitrogens with one attached hydrogen (secondary N) is 1. The second kappa shape index (κ2) is 8.44. The average Bonchev–Trinajstić information content (AvgIpc) is 2.65. The summed E-state index contributed by atoms with van der Waals surface area (Å²) in [7, 11) is 1.59. The van der Waals surface area contributed by atoms with Crippen LogP contribution in [0.25, 0.3) is 0 Å². The van der Waals surface area contributed by atoms with Crippen molar-refractivity contribution in [2.24, 2.45) is 0 Å². The Hall–Kier alpha value is -2.22. The summed E-state index contributed by atoms with van der Waals surface area (Å²) in [4.78, 5) is 18.0. The van der Waals surface area contributed by atoms with Crippen molar-refractivity contribution in [1.29, 1.82) is 0 Å². The molecule has 0 spiro atoms. The van der Waals surface area contributed by atoms with Crippen LogP contribution >= 0.6 is 11.6 Å². The van der Waals surface area contributed by atoms with E-state index >= 15 is 0 Å². The lowest BCUT2D eigenvalue weighted by Gasteiger charge is -2.31. The number of carbonyl (C=O) groups is 1. The fourth-order valence-corrected chi connectivity index (χ4v) is 2.82. The van der Waals surface area contributed by atoms with Crippen LogP contribution in [0.15, 0.2) is 36.5 Å². The molecule has 1 aromatic carbocycles. The molecule has 2 aromatic rings. The summed E-state index contributed by atoms with van der Waals surface area (Å²) >= 11 is 5.72. The van der Waals surface area contributed by atoms with E-state index in [0.29, 0.717) is 30.6 Å². The standard InChI is InChI=1S/C18H19ClFN3O3/c1-21-18(24)16-11-23(6-7-25-16)10-12-2-5-17(22-9-12)26-15-4-3-13(19)8-14(15)20/h2-5,8-9,16H,6-7,10-11H2,1H3,(H,21,24). The number of ether oxygens (including phenoxy) is 2. The molecule has 6 nitrogen and oxygen atoms in total. The zero-order valence-corrected chi connectivity index (χ0v) is 15.0. The number of aromatic nitrogens is 1. The molecule has 1 unspecified atom stereocenters. The van der Waals surface area contributed by atoms with Crippen molar-refractivity contribution in [3.63, 3.8) is 0 Å². The highest BCUT2D eigenvalue weighted by molar-refractivity contribution is 6.30. The predicted molar refractivity (Wildman–Crippen MR) is 94.8 cm³/mol. The lowest BCUT2D eigenvalue weighted by atomic mass is 10.2. The third-order valence-corrected chi connectivity index (χ3v) is 4.24. The van der Waals surface area contributed by atoms with Crippen LogP contribution < -0.4 is 10.1 Å². The van der Waals surface area contributed by atoms with Gasteiger partial charge < -0.3 is 14.8 Å². The summed E-state index contributed by atoms with van der Waals surface area (Å²) in [6, 6.07) is 7.74. The number of hydrogen-bond acceptors (Lipinski definition) is 5. The highest BCUT2D eigenvalue weighted by Crippen LogP contribution is 2.25. The van der Waals surface area contributed by atoms with Gasteiger partial charge in [0.2, 0.25) is 11.8 Å². The maximum absolute atomic E-state index is 13.8. The summed E-state index contributed by atoms with van der Waals surface area (Å²) in [6.07, 6.45) is 1.21. The zero-order valence-electron chi connectivity index (χ0n) is 14.2. The lowest BCUT2D eigenvalue weighted by Crippen LogP contribution is -2.48. The molecule has 1 saturated heterocycles. The van der Waals surface area contributed by atoms with Crippen LogP contribution in [0.1, 0.15) is 5.56 Å². The second-order valence-corrected chi connectivity index (χ2v) is 6.33. The van der Waals surface area contributed by atoms with Crippen LogP contribution in [0.4, 0.5) is 4.39 Å². The fraction of sp³-hybridized carbons (Fsp3) is 0.333. The first-order chi connectivity index (χ1) is 12.5. The topological polar surface area (TPSA) is 63.7 Å². The SMILES string of the molecule is CNC(=O)C1CN(Cc2ccc(Oc3ccc(Cl)cc3F)nc2)CCO1. The molecule has 0 bridgehead atoms. The van der Waals surface area contributed by atoms with Gasteiger partial charge in [0.25, 0.3) is 0 Å². The number of rotatable bonds is 5. The van der Waals surface area contributed by atoms with Gasteiger partial charge in [0.1, 0.15) is 6.10 Å². The van der Waals surface area contributed by atoms with Crippen molar-refractivity contribution in [2.75, 3.05) is 26.7 Å². The van der Waals surface area contributed by atoms with Crippen molar-refractivity contribution in [1.82, 2.24) is 15.2 Å². The molecule has 1 atom stereocenters. The Balaban J connectivity index is 1.60. The third kappa shape index (κ3) is 4.69. The Kier molecular flexibility index (Phi) is 6.03. The van der Waals surface area contributed by atoms with E-state index in [4.69, 9.17) is 21.1 Å². The molecule has 1 fully saturated rings. The maximum atomic E-state index is 13.8. The molecule has 8 heteroatoms. The minimum Gasteiger partial charge on any atom is -0.436 e. The van der Waals surface area contributed by atoms with Crippen LogP contribution in [0.2, 0.25) is 5.02 Å². The van der Waals surface area contributed by atoms with Crippen molar-refractivity contribution in [3.8, 4) is 11.6 Å². The van der Waals surface area contributed by atoms with Gasteiger partial charge in [-0.05, 0) is 23.8 Å². The quantitative estimate of drug-likeness (QED) is 0.865. The van der Waals surface area contributed by atoms with Crippen molar-refractivity contribution in [2.45, 2.75) is 12.6 Å². The van der Waals surface area contributed by atoms with Gasteiger partial charge in [-0.15, -0.1) is 0 Å². The average molecular weight is 380 g/mol. The van der Waals surface area contributed by atoms with Gasteiger partial charge >= 0.3 is 0 Å². The molecular formula is C18H19ClFN3O3. The van der Waals surface area contributed by atoms with E-state index in [1.54, 1.807) is 25.4 Å². The van der Waals surface area contributed by atoms with Crippen molar-refractivity contribution < 1.29 is 18.7 Å². The number of halogens is 2. The van der Waals surface area contributed by atoms with E-state index in [-0.39, 0.29) is 11.7 Å². The van der Waals surface area contributed by atoms with Gasteiger partial charge in [-0.2, -0.15) is 0 Å². The summed E-state index contributed by atoms with van der Waals surface area (Å²) < 4.78 is 24.7. The van der Waals surface area contributed by atoms with E-state index in [0.717, 1.165) is 12.1 Å². The molecule has 26 heavy (non-hydrogen) atoms. The number of amides is 1. The molecule has 138 valence electrons. The van der Waals surface area contributed by atoms with Crippen LogP contribution in [0, 0.1) is 5.82 Å². The Morgan fingerprint density at radius 3 is 3.00 bits per heavy atom. The van der Waals surface area contributed by atoms with Crippen molar-refractivity contribution in [3.05, 3.63) is 52.9 Å². The number of pyridine rings is 1. The van der Waals surface area contributed by atoms with Gasteiger partial charge in [-0.25, -0.2) is 9.37 Å². The molecule has 0 radical (unpaired) electrons. The molecule has 1 aromatic heterocycles. The van der Waals surface area contributed by atoms with Gasteiger partial charge in [0.05, 0.1) is 6.61 Å². The van der Waals surface area contributed by atoms with E-state index < -0.39 is 11.9 Å². The number of nitrogens with zero attached hydrogens (tertiary/aromatic N) is 2. The smallest absolute Gasteiger partial charge is 0.250 e. The number of benzene rings is 1. The summed E-state index contributed by atoms with van der Waals surface area (Å²) in [5.41, 5.74) is 0.964. The predicted octanol–water partition coefficient (Wildman–Crippen LogP) is 2.61. The Morgan fingerprint density at radius 2 is 2.31 bits per heavy atom. The van der Waals surface area contributed by atoms with Crippen LogP contribution in [-0.4, -0.2) is 48.6 Å². The fourth-order valence-electron chi connectivity index (χ4n) is 2.66. The normalized spacial score (nSPS) is 17.7. The molecule has 1 aliphatic rings. The number of likely N-dealkylation sites (N-methyl/N-ethyl adjacent to an activating group) is 1. The van der Waals surface area contributed by atoms with E-state index in [1.807, 2.05) is 6.07 Å². The van der Waals surface area contributed by atoms with Crippen LogP contribution in [0.5, 0.6) is 11.6 Å². The monoisotopic (exact) mass is 379 g/mol. The summed E-state index contributed by atoms with van der Waals surface area (Å²) in [6.45, 7) is 2.40. The molecule has 2 heterocycles. The number of hydrogen-bond donors (Lipinski definition) is 1. The Morgan fingerprint density at radius 1 is 1.46 bits per heavy atom. The van der Waals surface area contributed by atoms with E-state index in [1.165, 1.54) is 12.1 Å². The molecule has 1 aliphatic heterocycles. The molecule has 3 rings (SSSR count). The summed E-state index contributed by atoms with van der Waals surface area (Å²) in [5, 5.41) is 2.90. The molecule has 0 aliphatic carbocycles. The lowest BCUT2D eigenvalue weighted by molar-refractivity contribution is -0.138. The second-order valence-electron chi connectivity index (χ2n) is 5.89. The highest BCUT2D eigenvalue weighted by atomic mass is 35.5. The minimum absolute atomic E-state index is 0.0660.